The molecule has 0 saturated carbocycles. The highest BCUT2D eigenvalue weighted by atomic mass is 32.2. The Morgan fingerprint density at radius 3 is 2.31 bits per heavy atom. The van der Waals surface area contributed by atoms with Gasteiger partial charge in [-0.2, -0.15) is 0 Å². The van der Waals surface area contributed by atoms with Crippen molar-refractivity contribution in [3.8, 4) is 11.5 Å². The minimum Gasteiger partial charge on any atom is -0.441 e. The number of oxazole rings is 1. The van der Waals surface area contributed by atoms with Crippen molar-refractivity contribution in [3.05, 3.63) is 95.9 Å². The van der Waals surface area contributed by atoms with Gasteiger partial charge in [0.1, 0.15) is 5.76 Å². The van der Waals surface area contributed by atoms with Crippen molar-refractivity contribution in [3.63, 3.8) is 0 Å². The molecule has 0 aliphatic heterocycles. The van der Waals surface area contributed by atoms with Crippen LogP contribution in [0.25, 0.3) is 11.5 Å². The number of hydrogen-bond acceptors (Lipinski definition) is 5. The number of benzene rings is 3. The first-order valence-electron chi connectivity index (χ1n) is 9.85. The van der Waals surface area contributed by atoms with Gasteiger partial charge in [-0.15, -0.1) is 0 Å². The van der Waals surface area contributed by atoms with E-state index in [-0.39, 0.29) is 10.8 Å². The Balaban J connectivity index is 1.52. The molecule has 0 radical (unpaired) electrons. The lowest BCUT2D eigenvalue weighted by atomic mass is 10.1. The molecule has 7 nitrogen and oxygen atoms in total. The van der Waals surface area contributed by atoms with Gasteiger partial charge >= 0.3 is 0 Å². The number of amides is 1. The normalized spacial score (nSPS) is 11.2. The number of rotatable bonds is 6. The summed E-state index contributed by atoms with van der Waals surface area (Å²) in [5.74, 6) is 0.847. The van der Waals surface area contributed by atoms with E-state index in [0.717, 1.165) is 17.0 Å². The van der Waals surface area contributed by atoms with Crippen LogP contribution in [0.5, 0.6) is 0 Å². The summed E-state index contributed by atoms with van der Waals surface area (Å²) in [6, 6.07) is 21.5. The predicted molar refractivity (Wildman–Crippen MR) is 123 cm³/mol. The molecule has 0 aliphatic rings. The van der Waals surface area contributed by atoms with Gasteiger partial charge in [0.2, 0.25) is 5.89 Å². The van der Waals surface area contributed by atoms with E-state index in [1.807, 2.05) is 19.9 Å². The number of carbonyl (C=O) groups is 1. The largest absolute Gasteiger partial charge is 0.441 e. The molecule has 0 atom stereocenters. The average molecular weight is 448 g/mol. The second kappa shape index (κ2) is 8.68. The molecule has 4 rings (SSSR count). The quantitative estimate of drug-likeness (QED) is 0.433. The van der Waals surface area contributed by atoms with Crippen LogP contribution in [0.1, 0.15) is 21.8 Å². The molecule has 2 N–H and O–H groups in total. The van der Waals surface area contributed by atoms with Gasteiger partial charge in [-0.3, -0.25) is 9.52 Å². The minimum atomic E-state index is -3.75. The van der Waals surface area contributed by atoms with Gasteiger partial charge in [0, 0.05) is 22.5 Å². The summed E-state index contributed by atoms with van der Waals surface area (Å²) in [5, 5.41) is 2.83. The molecule has 1 amide bonds. The Kier molecular flexibility index (Phi) is 5.79. The zero-order chi connectivity index (χ0) is 22.7. The highest BCUT2D eigenvalue weighted by Gasteiger charge is 2.15. The fourth-order valence-electron chi connectivity index (χ4n) is 3.07. The molecule has 162 valence electrons. The summed E-state index contributed by atoms with van der Waals surface area (Å²) < 4.78 is 33.2. The number of hydrogen-bond donors (Lipinski definition) is 2. The van der Waals surface area contributed by atoms with E-state index in [1.54, 1.807) is 54.6 Å². The maximum atomic E-state index is 12.8. The number of aryl methyl sites for hydroxylation is 2. The fraction of sp³-hybridized carbons (Fsp3) is 0.0833. The summed E-state index contributed by atoms with van der Waals surface area (Å²) in [7, 11) is -3.75. The third kappa shape index (κ3) is 4.70. The molecule has 0 fully saturated rings. The summed E-state index contributed by atoms with van der Waals surface area (Å²) >= 11 is 0. The first kappa shape index (κ1) is 21.3. The molecule has 0 aliphatic carbocycles. The highest BCUT2D eigenvalue weighted by Crippen LogP contribution is 2.25. The number of nitrogens with zero attached hydrogens (tertiary/aromatic N) is 1. The predicted octanol–water partition coefficient (Wildman–Crippen LogP) is 5.01. The molecule has 32 heavy (non-hydrogen) atoms. The van der Waals surface area contributed by atoms with Gasteiger partial charge in [-0.25, -0.2) is 13.4 Å². The fourth-order valence-corrected chi connectivity index (χ4v) is 4.14. The van der Waals surface area contributed by atoms with Crippen LogP contribution in [-0.2, 0) is 10.0 Å². The number of aromatic nitrogens is 1. The van der Waals surface area contributed by atoms with Crippen molar-refractivity contribution in [1.29, 1.82) is 0 Å². The van der Waals surface area contributed by atoms with E-state index < -0.39 is 10.0 Å². The molecule has 0 saturated heterocycles. The second-order valence-corrected chi connectivity index (χ2v) is 8.88. The third-order valence-electron chi connectivity index (χ3n) is 4.83. The van der Waals surface area contributed by atoms with Crippen LogP contribution in [0.3, 0.4) is 0 Å². The molecule has 8 heteroatoms. The number of anilines is 2. The summed E-state index contributed by atoms with van der Waals surface area (Å²) in [4.78, 5) is 17.3. The topological polar surface area (TPSA) is 101 Å². The van der Waals surface area contributed by atoms with Gasteiger partial charge in [0.05, 0.1) is 10.6 Å². The number of nitrogens with one attached hydrogen (secondary N) is 2. The minimum absolute atomic E-state index is 0.142. The summed E-state index contributed by atoms with van der Waals surface area (Å²) in [5.41, 5.74) is 2.72. The van der Waals surface area contributed by atoms with Crippen LogP contribution in [0.2, 0.25) is 0 Å². The molecular weight excluding hydrogens is 426 g/mol. The van der Waals surface area contributed by atoms with E-state index in [9.17, 15) is 13.2 Å². The molecule has 0 unspecified atom stereocenters. The van der Waals surface area contributed by atoms with Crippen LogP contribution in [0, 0.1) is 13.8 Å². The molecule has 0 bridgehead atoms. The molecule has 1 heterocycles. The van der Waals surface area contributed by atoms with E-state index in [4.69, 9.17) is 4.42 Å². The Labute approximate surface area is 186 Å². The Bertz CT molecular complexity index is 1360. The van der Waals surface area contributed by atoms with Crippen LogP contribution < -0.4 is 10.0 Å². The maximum Gasteiger partial charge on any atom is 0.261 e. The zero-order valence-electron chi connectivity index (χ0n) is 17.5. The first-order chi connectivity index (χ1) is 15.3. The smallest absolute Gasteiger partial charge is 0.261 e. The average Bonchev–Trinajstić information content (AvgIpc) is 3.13. The maximum absolute atomic E-state index is 12.8. The third-order valence-corrected chi connectivity index (χ3v) is 6.22. The van der Waals surface area contributed by atoms with Crippen molar-refractivity contribution in [2.24, 2.45) is 0 Å². The highest BCUT2D eigenvalue weighted by molar-refractivity contribution is 7.92. The molecule has 1 aromatic heterocycles. The van der Waals surface area contributed by atoms with Gasteiger partial charge < -0.3 is 9.73 Å². The van der Waals surface area contributed by atoms with Crippen molar-refractivity contribution in [1.82, 2.24) is 4.98 Å². The van der Waals surface area contributed by atoms with Gasteiger partial charge in [0.15, 0.2) is 0 Å². The SMILES string of the molecule is Cc1nc(-c2cccc(NC(=O)c3cccc(NS(=O)(=O)c4ccccc4)c3)c2)oc1C. The van der Waals surface area contributed by atoms with Crippen molar-refractivity contribution >= 4 is 27.3 Å². The van der Waals surface area contributed by atoms with E-state index in [2.05, 4.69) is 15.0 Å². The summed E-state index contributed by atoms with van der Waals surface area (Å²) in [6.07, 6.45) is 0. The molecule has 3 aromatic carbocycles. The molecule has 4 aromatic rings. The number of carbonyl (C=O) groups excluding carboxylic acids is 1. The zero-order valence-corrected chi connectivity index (χ0v) is 18.3. The van der Waals surface area contributed by atoms with Gasteiger partial charge in [-0.1, -0.05) is 30.3 Å². The lowest BCUT2D eigenvalue weighted by Gasteiger charge is -2.10. The Morgan fingerprint density at radius 1 is 0.875 bits per heavy atom. The van der Waals surface area contributed by atoms with E-state index in [0.29, 0.717) is 22.8 Å². The van der Waals surface area contributed by atoms with Crippen molar-refractivity contribution in [2.75, 3.05) is 10.0 Å². The standard InChI is InChI=1S/C24H21N3O4S/c1-16-17(2)31-24(25-16)19-9-7-10-20(15-19)26-23(28)18-8-6-11-21(14-18)27-32(29,30)22-12-4-3-5-13-22/h3-15,27H,1-2H3,(H,26,28). The summed E-state index contributed by atoms with van der Waals surface area (Å²) in [6.45, 7) is 3.71. The van der Waals surface area contributed by atoms with E-state index >= 15 is 0 Å². The Morgan fingerprint density at radius 2 is 1.59 bits per heavy atom. The monoisotopic (exact) mass is 447 g/mol. The van der Waals surface area contributed by atoms with Crippen LogP contribution in [0.4, 0.5) is 11.4 Å². The first-order valence-corrected chi connectivity index (χ1v) is 11.3. The number of sulfonamides is 1. The van der Waals surface area contributed by atoms with Crippen LogP contribution in [-0.4, -0.2) is 19.3 Å². The lowest BCUT2D eigenvalue weighted by Crippen LogP contribution is -2.15. The van der Waals surface area contributed by atoms with E-state index in [1.165, 1.54) is 18.2 Å². The van der Waals surface area contributed by atoms with Crippen LogP contribution in [0.15, 0.2) is 88.2 Å². The lowest BCUT2D eigenvalue weighted by molar-refractivity contribution is 0.102. The van der Waals surface area contributed by atoms with Gasteiger partial charge in [0.25, 0.3) is 15.9 Å². The van der Waals surface area contributed by atoms with Crippen molar-refractivity contribution in [2.45, 2.75) is 18.7 Å². The molecule has 0 spiro atoms. The second-order valence-electron chi connectivity index (χ2n) is 7.19. The van der Waals surface area contributed by atoms with Gasteiger partial charge in [-0.05, 0) is 62.4 Å². The van der Waals surface area contributed by atoms with Crippen molar-refractivity contribution < 1.29 is 17.6 Å². The molecular formula is C24H21N3O4S. The van der Waals surface area contributed by atoms with Crippen LogP contribution >= 0.6 is 0 Å². The Hall–Kier alpha value is -3.91.